The van der Waals surface area contributed by atoms with Crippen molar-refractivity contribution in [3.63, 3.8) is 0 Å². The smallest absolute Gasteiger partial charge is 0.302 e. The molecular formula is C17H33NO3. The maximum absolute atomic E-state index is 10.9. The van der Waals surface area contributed by atoms with Gasteiger partial charge in [-0.3, -0.25) is 9.69 Å². The summed E-state index contributed by atoms with van der Waals surface area (Å²) in [4.78, 5) is 13.4. The van der Waals surface area contributed by atoms with Gasteiger partial charge in [-0.25, -0.2) is 0 Å². The van der Waals surface area contributed by atoms with Crippen LogP contribution in [0.25, 0.3) is 0 Å². The van der Waals surface area contributed by atoms with Crippen molar-refractivity contribution in [1.82, 2.24) is 4.90 Å². The molecule has 0 amide bonds. The highest BCUT2D eigenvalue weighted by Gasteiger charge is 2.45. The van der Waals surface area contributed by atoms with Crippen LogP contribution in [0.2, 0.25) is 0 Å². The molecule has 0 N–H and O–H groups in total. The normalized spacial score (nSPS) is 22.2. The van der Waals surface area contributed by atoms with Crippen molar-refractivity contribution in [2.24, 2.45) is 0 Å². The summed E-state index contributed by atoms with van der Waals surface area (Å²) in [5.74, 6) is -0.205. The summed E-state index contributed by atoms with van der Waals surface area (Å²) >= 11 is 0. The number of unbranched alkanes of at least 4 members (excludes halogenated alkanes) is 1. The van der Waals surface area contributed by atoms with Crippen molar-refractivity contribution in [3.8, 4) is 0 Å². The number of nitrogens with zero attached hydrogens (tertiary/aromatic N) is 1. The topological polar surface area (TPSA) is 38.8 Å². The third-order valence-electron chi connectivity index (χ3n) is 4.39. The van der Waals surface area contributed by atoms with Gasteiger partial charge in [-0.15, -0.1) is 0 Å². The molecule has 0 aromatic heterocycles. The van der Waals surface area contributed by atoms with E-state index in [2.05, 4.69) is 39.5 Å². The summed E-state index contributed by atoms with van der Waals surface area (Å²) in [5.41, 5.74) is 0.109. The van der Waals surface area contributed by atoms with Crippen LogP contribution in [0, 0.1) is 0 Å². The highest BCUT2D eigenvalue weighted by atomic mass is 16.5. The molecule has 0 aromatic carbocycles. The zero-order valence-electron chi connectivity index (χ0n) is 14.7. The standard InChI is InChI=1S/C17H33NO3/c1-7-8-10-21-15-12-16(3,4)18(17(5,6)13-15)9-11-20-14(2)19/h15H,7-13H2,1-6H3. The molecule has 4 heteroatoms. The summed E-state index contributed by atoms with van der Waals surface area (Å²) in [7, 11) is 0. The summed E-state index contributed by atoms with van der Waals surface area (Å²) in [6.45, 7) is 14.8. The number of ether oxygens (including phenoxy) is 2. The van der Waals surface area contributed by atoms with E-state index >= 15 is 0 Å². The van der Waals surface area contributed by atoms with Gasteiger partial charge in [0.1, 0.15) is 6.61 Å². The lowest BCUT2D eigenvalue weighted by atomic mass is 9.78. The van der Waals surface area contributed by atoms with E-state index in [1.54, 1.807) is 0 Å². The third-order valence-corrected chi connectivity index (χ3v) is 4.39. The zero-order chi connectivity index (χ0) is 16.1. The monoisotopic (exact) mass is 299 g/mol. The average Bonchev–Trinajstić information content (AvgIpc) is 2.31. The van der Waals surface area contributed by atoms with Gasteiger partial charge in [-0.05, 0) is 47.0 Å². The van der Waals surface area contributed by atoms with Crippen molar-refractivity contribution in [1.29, 1.82) is 0 Å². The van der Waals surface area contributed by atoms with E-state index in [0.29, 0.717) is 12.7 Å². The summed E-state index contributed by atoms with van der Waals surface area (Å²) < 4.78 is 11.2. The maximum Gasteiger partial charge on any atom is 0.302 e. The Bertz CT molecular complexity index is 321. The molecule has 0 aromatic rings. The van der Waals surface area contributed by atoms with Crippen LogP contribution < -0.4 is 0 Å². The van der Waals surface area contributed by atoms with E-state index in [-0.39, 0.29) is 17.0 Å². The van der Waals surface area contributed by atoms with Crippen LogP contribution >= 0.6 is 0 Å². The highest BCUT2D eigenvalue weighted by Crippen LogP contribution is 2.39. The van der Waals surface area contributed by atoms with Crippen molar-refractivity contribution in [3.05, 3.63) is 0 Å². The molecule has 0 bridgehead atoms. The molecule has 1 heterocycles. The Balaban J connectivity index is 2.63. The van der Waals surface area contributed by atoms with Gasteiger partial charge in [0.25, 0.3) is 0 Å². The molecule has 0 atom stereocenters. The SMILES string of the molecule is CCCCOC1CC(C)(C)N(CCOC(C)=O)C(C)(C)C1. The summed E-state index contributed by atoms with van der Waals surface area (Å²) in [6.07, 6.45) is 4.69. The van der Waals surface area contributed by atoms with E-state index in [1.165, 1.54) is 13.3 Å². The Kier molecular flexibility index (Phi) is 6.67. The first-order valence-electron chi connectivity index (χ1n) is 8.22. The molecule has 0 radical (unpaired) electrons. The molecule has 1 fully saturated rings. The van der Waals surface area contributed by atoms with Gasteiger partial charge in [-0.1, -0.05) is 13.3 Å². The van der Waals surface area contributed by atoms with Crippen LogP contribution in [0.3, 0.4) is 0 Å². The third kappa shape index (κ3) is 5.59. The summed E-state index contributed by atoms with van der Waals surface area (Å²) in [5, 5.41) is 0. The van der Waals surface area contributed by atoms with Crippen LogP contribution in [-0.2, 0) is 14.3 Å². The number of likely N-dealkylation sites (tertiary alicyclic amines) is 1. The Labute approximate surface area is 130 Å². The first-order chi connectivity index (χ1) is 9.69. The van der Waals surface area contributed by atoms with Crippen LogP contribution in [0.1, 0.15) is 67.2 Å². The van der Waals surface area contributed by atoms with Gasteiger partial charge in [-0.2, -0.15) is 0 Å². The first kappa shape index (κ1) is 18.4. The minimum absolute atomic E-state index is 0.0543. The van der Waals surface area contributed by atoms with E-state index in [0.717, 1.165) is 32.4 Å². The van der Waals surface area contributed by atoms with Gasteiger partial charge in [0.2, 0.25) is 0 Å². The van der Waals surface area contributed by atoms with Crippen LogP contribution in [-0.4, -0.2) is 47.8 Å². The van der Waals surface area contributed by atoms with Crippen molar-refractivity contribution in [2.75, 3.05) is 19.8 Å². The predicted octanol–water partition coefficient (Wildman–Crippen LogP) is 3.39. The second kappa shape index (κ2) is 7.59. The maximum atomic E-state index is 10.9. The Hall–Kier alpha value is -0.610. The minimum atomic E-state index is -0.205. The number of hydrogen-bond acceptors (Lipinski definition) is 4. The number of carbonyl (C=O) groups is 1. The lowest BCUT2D eigenvalue weighted by molar-refractivity contribution is -0.145. The lowest BCUT2D eigenvalue weighted by Crippen LogP contribution is -2.62. The van der Waals surface area contributed by atoms with Gasteiger partial charge in [0.15, 0.2) is 0 Å². The van der Waals surface area contributed by atoms with Crippen molar-refractivity contribution < 1.29 is 14.3 Å². The molecule has 0 saturated carbocycles. The molecule has 1 aliphatic rings. The fourth-order valence-corrected chi connectivity index (χ4v) is 3.62. The molecule has 1 aliphatic heterocycles. The van der Waals surface area contributed by atoms with Crippen LogP contribution in [0.4, 0.5) is 0 Å². The molecule has 124 valence electrons. The van der Waals surface area contributed by atoms with E-state index in [1.807, 2.05) is 0 Å². The second-order valence-electron chi connectivity index (χ2n) is 7.37. The number of rotatable bonds is 7. The van der Waals surface area contributed by atoms with Crippen molar-refractivity contribution >= 4 is 5.97 Å². The largest absolute Gasteiger partial charge is 0.465 e. The molecule has 1 rings (SSSR count). The molecule has 4 nitrogen and oxygen atoms in total. The van der Waals surface area contributed by atoms with E-state index in [9.17, 15) is 4.79 Å². The molecule has 1 saturated heterocycles. The van der Waals surface area contributed by atoms with Crippen molar-refractivity contribution in [2.45, 2.75) is 84.4 Å². The zero-order valence-corrected chi connectivity index (χ0v) is 14.7. The second-order valence-corrected chi connectivity index (χ2v) is 7.37. The quantitative estimate of drug-likeness (QED) is 0.533. The lowest BCUT2D eigenvalue weighted by Gasteiger charge is -2.55. The van der Waals surface area contributed by atoms with Crippen LogP contribution in [0.5, 0.6) is 0 Å². The van der Waals surface area contributed by atoms with E-state index in [4.69, 9.17) is 9.47 Å². The van der Waals surface area contributed by atoms with Crippen LogP contribution in [0.15, 0.2) is 0 Å². The number of carbonyl (C=O) groups excluding carboxylic acids is 1. The Morgan fingerprint density at radius 3 is 2.19 bits per heavy atom. The van der Waals surface area contributed by atoms with Gasteiger partial charge in [0, 0.05) is 31.2 Å². The fraction of sp³-hybridized carbons (Fsp3) is 0.941. The minimum Gasteiger partial charge on any atom is -0.465 e. The summed E-state index contributed by atoms with van der Waals surface area (Å²) in [6, 6.07) is 0. The molecule has 0 unspecified atom stereocenters. The van der Waals surface area contributed by atoms with Gasteiger partial charge >= 0.3 is 5.97 Å². The number of esters is 1. The van der Waals surface area contributed by atoms with Gasteiger partial charge in [0.05, 0.1) is 6.10 Å². The van der Waals surface area contributed by atoms with E-state index < -0.39 is 0 Å². The number of piperidine rings is 1. The predicted molar refractivity (Wildman–Crippen MR) is 85.4 cm³/mol. The number of hydrogen-bond donors (Lipinski definition) is 0. The van der Waals surface area contributed by atoms with Gasteiger partial charge < -0.3 is 9.47 Å². The Morgan fingerprint density at radius 1 is 1.14 bits per heavy atom. The molecule has 0 aliphatic carbocycles. The fourth-order valence-electron chi connectivity index (χ4n) is 3.62. The highest BCUT2D eigenvalue weighted by molar-refractivity contribution is 5.65. The Morgan fingerprint density at radius 2 is 1.71 bits per heavy atom. The molecule has 21 heavy (non-hydrogen) atoms. The first-order valence-corrected chi connectivity index (χ1v) is 8.22. The molecular weight excluding hydrogens is 266 g/mol. The average molecular weight is 299 g/mol. The molecule has 0 spiro atoms.